The number of hydrogen-bond acceptors (Lipinski definition) is 5. The number of methoxy groups -OCH3 is 2. The molecule has 0 aliphatic carbocycles. The Balaban J connectivity index is 2.34. The first-order chi connectivity index (χ1) is 10.1. The number of hydrogen-bond donors (Lipinski definition) is 0. The van der Waals surface area contributed by atoms with E-state index in [1.807, 2.05) is 12.1 Å². The number of ether oxygens (including phenoxy) is 2. The van der Waals surface area contributed by atoms with E-state index in [0.29, 0.717) is 27.3 Å². The van der Waals surface area contributed by atoms with Crippen LogP contribution in [0.5, 0.6) is 11.5 Å². The zero-order valence-electron chi connectivity index (χ0n) is 11.8. The fourth-order valence-electron chi connectivity index (χ4n) is 1.87. The Kier molecular flexibility index (Phi) is 5.03. The number of rotatable bonds is 5. The molecule has 0 bridgehead atoms. The number of thiocarbonyl (C=S) groups is 1. The van der Waals surface area contributed by atoms with E-state index in [2.05, 4.69) is 6.58 Å². The number of amides is 1. The maximum Gasteiger partial charge on any atom is 0.266 e. The molecule has 1 aromatic rings. The van der Waals surface area contributed by atoms with E-state index < -0.39 is 0 Å². The minimum Gasteiger partial charge on any atom is -0.497 e. The maximum atomic E-state index is 12.3. The summed E-state index contributed by atoms with van der Waals surface area (Å²) in [6.45, 7) is 4.05. The Morgan fingerprint density at radius 3 is 2.76 bits per heavy atom. The molecule has 21 heavy (non-hydrogen) atoms. The van der Waals surface area contributed by atoms with Crippen molar-refractivity contribution in [2.75, 3.05) is 20.8 Å². The standard InChI is InChI=1S/C15H15NO3S2/c1-4-7-16-14(17)13(21-15(16)20)8-10-5-6-11(18-2)9-12(10)19-3/h4-6,8-9H,1,7H2,2-3H3/b13-8-. The molecule has 1 fully saturated rings. The van der Waals surface area contributed by atoms with E-state index in [1.165, 1.54) is 16.7 Å². The molecule has 1 aliphatic rings. The van der Waals surface area contributed by atoms with Crippen LogP contribution in [0.2, 0.25) is 0 Å². The van der Waals surface area contributed by atoms with Crippen molar-refractivity contribution < 1.29 is 14.3 Å². The molecule has 1 amide bonds. The lowest BCUT2D eigenvalue weighted by atomic mass is 10.1. The van der Waals surface area contributed by atoms with Crippen LogP contribution in [0.25, 0.3) is 6.08 Å². The van der Waals surface area contributed by atoms with Gasteiger partial charge in [-0.1, -0.05) is 30.1 Å². The molecule has 0 radical (unpaired) electrons. The largest absolute Gasteiger partial charge is 0.497 e. The van der Waals surface area contributed by atoms with Gasteiger partial charge in [-0.25, -0.2) is 0 Å². The molecule has 2 rings (SSSR count). The second kappa shape index (κ2) is 6.78. The molecule has 6 heteroatoms. The molecule has 0 aromatic heterocycles. The van der Waals surface area contributed by atoms with Crippen LogP contribution in [0.1, 0.15) is 5.56 Å². The van der Waals surface area contributed by atoms with Crippen molar-refractivity contribution in [3.63, 3.8) is 0 Å². The zero-order valence-corrected chi connectivity index (χ0v) is 13.4. The number of thioether (sulfide) groups is 1. The quantitative estimate of drug-likeness (QED) is 0.473. The second-order valence-electron chi connectivity index (χ2n) is 4.19. The van der Waals surface area contributed by atoms with E-state index in [4.69, 9.17) is 21.7 Å². The topological polar surface area (TPSA) is 38.8 Å². The molecule has 1 aliphatic heterocycles. The molecule has 0 saturated carbocycles. The summed E-state index contributed by atoms with van der Waals surface area (Å²) in [6.07, 6.45) is 3.43. The summed E-state index contributed by atoms with van der Waals surface area (Å²) in [4.78, 5) is 14.4. The highest BCUT2D eigenvalue weighted by Gasteiger charge is 2.31. The lowest BCUT2D eigenvalue weighted by Gasteiger charge is -2.10. The molecule has 4 nitrogen and oxygen atoms in total. The fourth-order valence-corrected chi connectivity index (χ4v) is 3.13. The third kappa shape index (κ3) is 3.28. The molecular weight excluding hydrogens is 306 g/mol. The van der Waals surface area contributed by atoms with Gasteiger partial charge in [0.15, 0.2) is 0 Å². The Morgan fingerprint density at radius 2 is 2.14 bits per heavy atom. The second-order valence-corrected chi connectivity index (χ2v) is 5.86. The summed E-state index contributed by atoms with van der Waals surface area (Å²) in [5.74, 6) is 1.23. The predicted octanol–water partition coefficient (Wildman–Crippen LogP) is 3.09. The summed E-state index contributed by atoms with van der Waals surface area (Å²) in [5, 5.41) is 0. The van der Waals surface area contributed by atoms with Gasteiger partial charge in [0.1, 0.15) is 15.8 Å². The molecular formula is C15H15NO3S2. The number of carbonyl (C=O) groups excluding carboxylic acids is 1. The van der Waals surface area contributed by atoms with Crippen molar-refractivity contribution in [1.29, 1.82) is 0 Å². The van der Waals surface area contributed by atoms with Gasteiger partial charge in [0.05, 0.1) is 19.1 Å². The van der Waals surface area contributed by atoms with Gasteiger partial charge < -0.3 is 9.47 Å². The van der Waals surface area contributed by atoms with Crippen LogP contribution in [-0.4, -0.2) is 35.9 Å². The van der Waals surface area contributed by atoms with Gasteiger partial charge in [-0.15, -0.1) is 6.58 Å². The highest BCUT2D eigenvalue weighted by atomic mass is 32.2. The van der Waals surface area contributed by atoms with Crippen molar-refractivity contribution in [3.8, 4) is 11.5 Å². The molecule has 0 atom stereocenters. The SMILES string of the molecule is C=CCN1C(=O)/C(=C/c2ccc(OC)cc2OC)SC1=S. The van der Waals surface area contributed by atoms with E-state index in [9.17, 15) is 4.79 Å². The summed E-state index contributed by atoms with van der Waals surface area (Å²) in [7, 11) is 3.17. The maximum absolute atomic E-state index is 12.3. The average molecular weight is 321 g/mol. The molecule has 1 aromatic carbocycles. The Hall–Kier alpha value is -1.79. The smallest absolute Gasteiger partial charge is 0.266 e. The van der Waals surface area contributed by atoms with E-state index in [-0.39, 0.29) is 5.91 Å². The average Bonchev–Trinajstić information content (AvgIpc) is 2.75. The molecule has 0 spiro atoms. The van der Waals surface area contributed by atoms with Crippen molar-refractivity contribution in [2.45, 2.75) is 0 Å². The first-order valence-electron chi connectivity index (χ1n) is 6.19. The number of benzene rings is 1. The third-order valence-electron chi connectivity index (χ3n) is 2.91. The van der Waals surface area contributed by atoms with Gasteiger partial charge in [0, 0.05) is 18.2 Å². The van der Waals surface area contributed by atoms with Gasteiger partial charge in [-0.2, -0.15) is 0 Å². The van der Waals surface area contributed by atoms with Gasteiger partial charge in [0.2, 0.25) is 0 Å². The van der Waals surface area contributed by atoms with Gasteiger partial charge in [0.25, 0.3) is 5.91 Å². The third-order valence-corrected chi connectivity index (χ3v) is 4.29. The normalized spacial score (nSPS) is 16.5. The minimum absolute atomic E-state index is 0.109. The molecule has 110 valence electrons. The van der Waals surface area contributed by atoms with Gasteiger partial charge in [-0.3, -0.25) is 9.69 Å². The van der Waals surface area contributed by atoms with Crippen LogP contribution in [0.15, 0.2) is 35.8 Å². The van der Waals surface area contributed by atoms with Crippen molar-refractivity contribution in [2.24, 2.45) is 0 Å². The van der Waals surface area contributed by atoms with E-state index in [1.54, 1.807) is 32.4 Å². The number of carbonyl (C=O) groups is 1. The van der Waals surface area contributed by atoms with Crippen molar-refractivity contribution >= 4 is 40.3 Å². The van der Waals surface area contributed by atoms with Gasteiger partial charge >= 0.3 is 0 Å². The fraction of sp³-hybridized carbons (Fsp3) is 0.200. The zero-order chi connectivity index (χ0) is 15.4. The summed E-state index contributed by atoms with van der Waals surface area (Å²) in [5.41, 5.74) is 0.803. The minimum atomic E-state index is -0.109. The highest BCUT2D eigenvalue weighted by molar-refractivity contribution is 8.26. The Morgan fingerprint density at radius 1 is 1.38 bits per heavy atom. The van der Waals surface area contributed by atoms with Gasteiger partial charge in [-0.05, 0) is 18.2 Å². The monoisotopic (exact) mass is 321 g/mol. The van der Waals surface area contributed by atoms with Crippen LogP contribution >= 0.6 is 24.0 Å². The lowest BCUT2D eigenvalue weighted by molar-refractivity contribution is -0.121. The Labute approximate surface area is 133 Å². The lowest BCUT2D eigenvalue weighted by Crippen LogP contribution is -2.27. The number of nitrogens with zero attached hydrogens (tertiary/aromatic N) is 1. The van der Waals surface area contributed by atoms with Crippen LogP contribution in [0.4, 0.5) is 0 Å². The molecule has 0 unspecified atom stereocenters. The van der Waals surface area contributed by atoms with Crippen LogP contribution < -0.4 is 9.47 Å². The molecule has 0 N–H and O–H groups in total. The summed E-state index contributed by atoms with van der Waals surface area (Å²) < 4.78 is 11.0. The summed E-state index contributed by atoms with van der Waals surface area (Å²) in [6, 6.07) is 5.44. The Bertz CT molecular complexity index is 625. The van der Waals surface area contributed by atoms with E-state index in [0.717, 1.165) is 5.56 Å². The van der Waals surface area contributed by atoms with Crippen molar-refractivity contribution in [3.05, 3.63) is 41.3 Å². The predicted molar refractivity (Wildman–Crippen MR) is 89.6 cm³/mol. The van der Waals surface area contributed by atoms with Crippen LogP contribution in [0.3, 0.4) is 0 Å². The molecule has 1 heterocycles. The van der Waals surface area contributed by atoms with Crippen LogP contribution in [0, 0.1) is 0 Å². The van der Waals surface area contributed by atoms with E-state index >= 15 is 0 Å². The van der Waals surface area contributed by atoms with Crippen LogP contribution in [-0.2, 0) is 4.79 Å². The first kappa shape index (κ1) is 15.6. The highest BCUT2D eigenvalue weighted by Crippen LogP contribution is 2.35. The van der Waals surface area contributed by atoms with Crippen molar-refractivity contribution in [1.82, 2.24) is 4.90 Å². The molecule has 1 saturated heterocycles. The first-order valence-corrected chi connectivity index (χ1v) is 7.41. The summed E-state index contributed by atoms with van der Waals surface area (Å²) >= 11 is 6.49.